The molecule has 0 atom stereocenters. The summed E-state index contributed by atoms with van der Waals surface area (Å²) in [5.74, 6) is -0.0932. The van der Waals surface area contributed by atoms with E-state index in [9.17, 15) is 9.59 Å². The Balaban J connectivity index is 1.35. The minimum Gasteiger partial charge on any atom is -0.335 e. The van der Waals surface area contributed by atoms with E-state index in [1.807, 2.05) is 76.4 Å². The number of carbonyl (C=O) groups excluding carboxylic acids is 2. The minimum atomic E-state index is -0.0609. The lowest BCUT2D eigenvalue weighted by atomic mass is 10.1. The smallest absolute Gasteiger partial charge is 0.257 e. The molecule has 0 saturated carbocycles. The summed E-state index contributed by atoms with van der Waals surface area (Å²) in [7, 11) is 0. The number of amides is 2. The Labute approximate surface area is 198 Å². The molecule has 1 aliphatic heterocycles. The Morgan fingerprint density at radius 3 is 1.97 bits per heavy atom. The highest BCUT2D eigenvalue weighted by atomic mass is 16.2. The van der Waals surface area contributed by atoms with Crippen molar-refractivity contribution in [2.45, 2.75) is 6.54 Å². The summed E-state index contributed by atoms with van der Waals surface area (Å²) in [6, 6.07) is 23.3. The first kappa shape index (κ1) is 21.6. The monoisotopic (exact) mass is 451 g/mol. The van der Waals surface area contributed by atoms with E-state index in [1.165, 1.54) is 0 Å². The van der Waals surface area contributed by atoms with Gasteiger partial charge in [-0.3, -0.25) is 19.3 Å². The Morgan fingerprint density at radius 2 is 1.32 bits per heavy atom. The molecule has 0 radical (unpaired) electrons. The van der Waals surface area contributed by atoms with Gasteiger partial charge in [-0.15, -0.1) is 0 Å². The normalized spacial score (nSPS) is 13.6. The van der Waals surface area contributed by atoms with E-state index in [1.54, 1.807) is 29.4 Å². The number of benzene rings is 2. The second kappa shape index (κ2) is 9.70. The lowest BCUT2D eigenvalue weighted by Crippen LogP contribution is -2.50. The van der Waals surface area contributed by atoms with Gasteiger partial charge < -0.3 is 9.80 Å². The van der Waals surface area contributed by atoms with Crippen molar-refractivity contribution < 1.29 is 9.59 Å². The molecule has 4 aromatic rings. The molecule has 1 fully saturated rings. The lowest BCUT2D eigenvalue weighted by Gasteiger charge is -2.34. The molecule has 7 heteroatoms. The third-order valence-corrected chi connectivity index (χ3v) is 6.01. The third kappa shape index (κ3) is 4.59. The summed E-state index contributed by atoms with van der Waals surface area (Å²) >= 11 is 0. The molecule has 2 amide bonds. The van der Waals surface area contributed by atoms with Gasteiger partial charge in [-0.1, -0.05) is 60.7 Å². The minimum absolute atomic E-state index is 0.0323. The first-order valence-corrected chi connectivity index (χ1v) is 11.3. The second-order valence-electron chi connectivity index (χ2n) is 8.26. The number of hydrogen-bond acceptors (Lipinski definition) is 4. The number of pyridine rings is 1. The maximum Gasteiger partial charge on any atom is 0.257 e. The fourth-order valence-electron chi connectivity index (χ4n) is 4.20. The van der Waals surface area contributed by atoms with E-state index < -0.39 is 0 Å². The Kier molecular flexibility index (Phi) is 6.16. The molecular formula is C27H25N5O2. The van der Waals surface area contributed by atoms with E-state index in [4.69, 9.17) is 5.10 Å². The molecule has 34 heavy (non-hydrogen) atoms. The van der Waals surface area contributed by atoms with E-state index in [0.717, 1.165) is 11.1 Å². The van der Waals surface area contributed by atoms with Crippen LogP contribution < -0.4 is 0 Å². The van der Waals surface area contributed by atoms with Crippen molar-refractivity contribution in [1.29, 1.82) is 0 Å². The zero-order chi connectivity index (χ0) is 23.3. The molecule has 7 nitrogen and oxygen atoms in total. The molecule has 2 aromatic heterocycles. The van der Waals surface area contributed by atoms with Gasteiger partial charge >= 0.3 is 0 Å². The van der Waals surface area contributed by atoms with Crippen LogP contribution in [0.4, 0.5) is 0 Å². The third-order valence-electron chi connectivity index (χ3n) is 6.01. The Bertz CT molecular complexity index is 1260. The number of piperazine rings is 1. The average molecular weight is 452 g/mol. The molecule has 3 heterocycles. The van der Waals surface area contributed by atoms with Gasteiger partial charge in [0.15, 0.2) is 0 Å². The fourth-order valence-corrected chi connectivity index (χ4v) is 4.20. The van der Waals surface area contributed by atoms with Crippen LogP contribution in [0.1, 0.15) is 26.3 Å². The van der Waals surface area contributed by atoms with E-state index in [2.05, 4.69) is 4.98 Å². The van der Waals surface area contributed by atoms with Crippen molar-refractivity contribution >= 4 is 11.8 Å². The number of carbonyl (C=O) groups is 2. The summed E-state index contributed by atoms with van der Waals surface area (Å²) in [5, 5.41) is 4.77. The van der Waals surface area contributed by atoms with Crippen LogP contribution in [0.25, 0.3) is 11.3 Å². The highest BCUT2D eigenvalue weighted by Crippen LogP contribution is 2.24. The van der Waals surface area contributed by atoms with Gasteiger partial charge in [-0.2, -0.15) is 5.10 Å². The van der Waals surface area contributed by atoms with E-state index in [0.29, 0.717) is 49.5 Å². The molecule has 2 aromatic carbocycles. The topological polar surface area (TPSA) is 71.3 Å². The quantitative estimate of drug-likeness (QED) is 0.465. The van der Waals surface area contributed by atoms with Crippen LogP contribution in [-0.2, 0) is 6.54 Å². The molecule has 0 aliphatic carbocycles. The number of aromatic nitrogens is 3. The fraction of sp³-hybridized carbons (Fsp3) is 0.185. The molecular weight excluding hydrogens is 426 g/mol. The van der Waals surface area contributed by atoms with E-state index >= 15 is 0 Å². The van der Waals surface area contributed by atoms with Crippen molar-refractivity contribution in [3.05, 3.63) is 108 Å². The van der Waals surface area contributed by atoms with Crippen LogP contribution in [0.15, 0.2) is 91.4 Å². The molecule has 0 spiro atoms. The van der Waals surface area contributed by atoms with Crippen LogP contribution in [-0.4, -0.2) is 62.6 Å². The molecule has 1 saturated heterocycles. The summed E-state index contributed by atoms with van der Waals surface area (Å²) in [6.07, 6.45) is 5.07. The van der Waals surface area contributed by atoms with Gasteiger partial charge in [0.1, 0.15) is 5.69 Å². The van der Waals surface area contributed by atoms with Crippen LogP contribution in [0.2, 0.25) is 0 Å². The maximum atomic E-state index is 13.6. The van der Waals surface area contributed by atoms with Gasteiger partial charge in [0.25, 0.3) is 11.8 Å². The number of rotatable bonds is 5. The summed E-state index contributed by atoms with van der Waals surface area (Å²) < 4.78 is 1.83. The average Bonchev–Trinajstić information content (AvgIpc) is 3.33. The lowest BCUT2D eigenvalue weighted by molar-refractivity contribution is 0.0536. The van der Waals surface area contributed by atoms with Crippen molar-refractivity contribution in [3.8, 4) is 11.3 Å². The van der Waals surface area contributed by atoms with E-state index in [-0.39, 0.29) is 11.8 Å². The first-order valence-electron chi connectivity index (χ1n) is 11.3. The SMILES string of the molecule is O=C(c1ccncc1)N1CCN(C(=O)c2cn(Cc3ccccc3)nc2-c2ccccc2)CC1. The van der Waals surface area contributed by atoms with Crippen molar-refractivity contribution in [2.75, 3.05) is 26.2 Å². The Hall–Kier alpha value is -4.26. The van der Waals surface area contributed by atoms with Gasteiger partial charge in [-0.25, -0.2) is 0 Å². The van der Waals surface area contributed by atoms with Crippen LogP contribution in [0.5, 0.6) is 0 Å². The first-order chi connectivity index (χ1) is 16.7. The predicted octanol–water partition coefficient (Wildman–Crippen LogP) is 3.59. The summed E-state index contributed by atoms with van der Waals surface area (Å²) in [5.41, 5.74) is 3.90. The molecule has 1 aliphatic rings. The standard InChI is InChI=1S/C27H25N5O2/c33-26(23-11-13-28-14-12-23)30-15-17-31(18-16-30)27(34)24-20-32(19-21-7-3-1-4-8-21)29-25(24)22-9-5-2-6-10-22/h1-14,20H,15-19H2. The largest absolute Gasteiger partial charge is 0.335 e. The van der Waals surface area contributed by atoms with Crippen LogP contribution in [0.3, 0.4) is 0 Å². The summed E-state index contributed by atoms with van der Waals surface area (Å²) in [6.45, 7) is 2.53. The van der Waals surface area contributed by atoms with Crippen LogP contribution in [0, 0.1) is 0 Å². The zero-order valence-corrected chi connectivity index (χ0v) is 18.7. The van der Waals surface area contributed by atoms with Crippen molar-refractivity contribution in [1.82, 2.24) is 24.6 Å². The zero-order valence-electron chi connectivity index (χ0n) is 18.7. The molecule has 0 unspecified atom stereocenters. The highest BCUT2D eigenvalue weighted by Gasteiger charge is 2.28. The molecule has 0 N–H and O–H groups in total. The Morgan fingerprint density at radius 1 is 0.735 bits per heavy atom. The predicted molar refractivity (Wildman–Crippen MR) is 129 cm³/mol. The van der Waals surface area contributed by atoms with Gasteiger partial charge in [-0.05, 0) is 17.7 Å². The van der Waals surface area contributed by atoms with Crippen LogP contribution >= 0.6 is 0 Å². The van der Waals surface area contributed by atoms with Crippen molar-refractivity contribution in [3.63, 3.8) is 0 Å². The molecule has 170 valence electrons. The van der Waals surface area contributed by atoms with Gasteiger partial charge in [0.05, 0.1) is 12.1 Å². The summed E-state index contributed by atoms with van der Waals surface area (Å²) in [4.78, 5) is 33.9. The number of hydrogen-bond donors (Lipinski definition) is 0. The molecule has 0 bridgehead atoms. The second-order valence-corrected chi connectivity index (χ2v) is 8.26. The number of nitrogens with zero attached hydrogens (tertiary/aromatic N) is 5. The molecule has 5 rings (SSSR count). The van der Waals surface area contributed by atoms with Gasteiger partial charge in [0.2, 0.25) is 0 Å². The highest BCUT2D eigenvalue weighted by molar-refractivity contribution is 6.00. The maximum absolute atomic E-state index is 13.6. The van der Waals surface area contributed by atoms with Crippen molar-refractivity contribution in [2.24, 2.45) is 0 Å². The van der Waals surface area contributed by atoms with Gasteiger partial charge in [0, 0.05) is 55.9 Å².